The van der Waals surface area contributed by atoms with Crippen LogP contribution in [-0.4, -0.2) is 17.3 Å². The van der Waals surface area contributed by atoms with Gasteiger partial charge < -0.3 is 20.7 Å². The van der Waals surface area contributed by atoms with Crippen molar-refractivity contribution >= 4 is 11.4 Å². The smallest absolute Gasteiger partial charge is 0.258 e. The first kappa shape index (κ1) is 13.0. The molecule has 0 radical (unpaired) electrons. The highest BCUT2D eigenvalue weighted by atomic mass is 16.5. The Labute approximate surface area is 121 Å². The van der Waals surface area contributed by atoms with Crippen LogP contribution in [0, 0.1) is 0 Å². The van der Waals surface area contributed by atoms with E-state index in [1.165, 1.54) is 0 Å². The summed E-state index contributed by atoms with van der Waals surface area (Å²) in [6.07, 6.45) is 0. The number of hydrogen-bond donors (Lipinski definition) is 2. The van der Waals surface area contributed by atoms with E-state index in [1.807, 2.05) is 24.3 Å². The van der Waals surface area contributed by atoms with Gasteiger partial charge in [-0.3, -0.25) is 0 Å². The molecule has 0 saturated carbocycles. The molecule has 0 atom stereocenters. The molecule has 0 fully saturated rings. The maximum Gasteiger partial charge on any atom is 0.258 e. The lowest BCUT2D eigenvalue weighted by atomic mass is 10.1. The summed E-state index contributed by atoms with van der Waals surface area (Å²) in [6.45, 7) is 0. The zero-order valence-corrected chi connectivity index (χ0v) is 11.4. The third kappa shape index (κ3) is 2.51. The van der Waals surface area contributed by atoms with Gasteiger partial charge in [0, 0.05) is 16.9 Å². The van der Waals surface area contributed by atoms with Crippen molar-refractivity contribution in [3.63, 3.8) is 0 Å². The lowest BCUT2D eigenvalue weighted by Crippen LogP contribution is -1.91. The van der Waals surface area contributed by atoms with E-state index in [0.29, 0.717) is 34.4 Å². The van der Waals surface area contributed by atoms with Gasteiger partial charge in [-0.2, -0.15) is 4.98 Å². The van der Waals surface area contributed by atoms with Crippen LogP contribution in [0.3, 0.4) is 0 Å². The van der Waals surface area contributed by atoms with Crippen LogP contribution in [0.1, 0.15) is 0 Å². The Morgan fingerprint density at radius 2 is 1.76 bits per heavy atom. The van der Waals surface area contributed by atoms with Gasteiger partial charge in [-0.1, -0.05) is 17.3 Å². The van der Waals surface area contributed by atoms with Crippen molar-refractivity contribution in [3.05, 3.63) is 42.5 Å². The molecule has 6 nitrogen and oxygen atoms in total. The number of methoxy groups -OCH3 is 1. The van der Waals surface area contributed by atoms with E-state index in [9.17, 15) is 0 Å². The van der Waals surface area contributed by atoms with Crippen LogP contribution in [0.4, 0.5) is 11.4 Å². The van der Waals surface area contributed by atoms with Gasteiger partial charge in [0.2, 0.25) is 5.82 Å². The number of hydrogen-bond acceptors (Lipinski definition) is 6. The molecule has 0 spiro atoms. The number of nitrogens with zero attached hydrogens (tertiary/aromatic N) is 2. The van der Waals surface area contributed by atoms with E-state index < -0.39 is 0 Å². The topological polar surface area (TPSA) is 100 Å². The quantitative estimate of drug-likeness (QED) is 0.716. The Morgan fingerprint density at radius 1 is 1.05 bits per heavy atom. The second kappa shape index (κ2) is 5.16. The van der Waals surface area contributed by atoms with Crippen molar-refractivity contribution in [2.24, 2.45) is 0 Å². The molecule has 3 aromatic rings. The molecule has 0 aliphatic heterocycles. The summed E-state index contributed by atoms with van der Waals surface area (Å²) in [5.41, 5.74) is 14.1. The third-order valence-electron chi connectivity index (χ3n) is 3.00. The summed E-state index contributed by atoms with van der Waals surface area (Å²) in [5.74, 6) is 1.48. The molecule has 0 bridgehead atoms. The van der Waals surface area contributed by atoms with Gasteiger partial charge in [0.05, 0.1) is 12.7 Å². The Hall–Kier alpha value is -3.02. The lowest BCUT2D eigenvalue weighted by Gasteiger charge is -2.03. The fourth-order valence-electron chi connectivity index (χ4n) is 2.08. The molecular formula is C15H14N4O2. The van der Waals surface area contributed by atoms with Gasteiger partial charge in [-0.25, -0.2) is 0 Å². The van der Waals surface area contributed by atoms with Gasteiger partial charge in [-0.05, 0) is 30.3 Å². The SMILES string of the molecule is COc1ccccc1-c1noc(-c2cc(N)cc(N)c2)n1. The Bertz CT molecular complexity index is 763. The highest BCUT2D eigenvalue weighted by Gasteiger charge is 2.14. The zero-order chi connectivity index (χ0) is 14.8. The average molecular weight is 282 g/mol. The molecule has 0 aliphatic carbocycles. The predicted molar refractivity (Wildman–Crippen MR) is 80.5 cm³/mol. The van der Waals surface area contributed by atoms with Gasteiger partial charge in [0.25, 0.3) is 5.89 Å². The predicted octanol–water partition coefficient (Wildman–Crippen LogP) is 2.58. The summed E-state index contributed by atoms with van der Waals surface area (Å²) < 4.78 is 10.6. The normalized spacial score (nSPS) is 10.5. The minimum atomic E-state index is 0.356. The number of anilines is 2. The van der Waals surface area contributed by atoms with E-state index in [4.69, 9.17) is 20.7 Å². The van der Waals surface area contributed by atoms with Crippen molar-refractivity contribution in [1.82, 2.24) is 10.1 Å². The molecule has 4 N–H and O–H groups in total. The lowest BCUT2D eigenvalue weighted by molar-refractivity contribution is 0.413. The van der Waals surface area contributed by atoms with Gasteiger partial charge in [-0.15, -0.1) is 0 Å². The first-order chi connectivity index (χ1) is 10.2. The van der Waals surface area contributed by atoms with E-state index >= 15 is 0 Å². The number of nitrogens with two attached hydrogens (primary N) is 2. The third-order valence-corrected chi connectivity index (χ3v) is 3.00. The molecule has 2 aromatic carbocycles. The number of aromatic nitrogens is 2. The highest BCUT2D eigenvalue weighted by Crippen LogP contribution is 2.30. The van der Waals surface area contributed by atoms with E-state index in [1.54, 1.807) is 25.3 Å². The Balaban J connectivity index is 2.04. The van der Waals surface area contributed by atoms with Gasteiger partial charge in [0.1, 0.15) is 5.75 Å². The van der Waals surface area contributed by atoms with Crippen LogP contribution in [0.15, 0.2) is 47.0 Å². The summed E-state index contributed by atoms with van der Waals surface area (Å²) in [7, 11) is 1.60. The van der Waals surface area contributed by atoms with Crippen LogP contribution in [-0.2, 0) is 0 Å². The fraction of sp³-hybridized carbons (Fsp3) is 0.0667. The average Bonchev–Trinajstić information content (AvgIpc) is 2.96. The van der Waals surface area contributed by atoms with Crippen molar-refractivity contribution in [2.45, 2.75) is 0 Å². The van der Waals surface area contributed by atoms with Crippen LogP contribution in [0.5, 0.6) is 5.75 Å². The van der Waals surface area contributed by atoms with Crippen molar-refractivity contribution in [2.75, 3.05) is 18.6 Å². The summed E-state index contributed by atoms with van der Waals surface area (Å²) in [6, 6.07) is 12.6. The molecule has 21 heavy (non-hydrogen) atoms. The largest absolute Gasteiger partial charge is 0.496 e. The molecule has 106 valence electrons. The Morgan fingerprint density at radius 3 is 2.48 bits per heavy atom. The van der Waals surface area contributed by atoms with Gasteiger partial charge >= 0.3 is 0 Å². The summed E-state index contributed by atoms with van der Waals surface area (Å²) >= 11 is 0. The van der Waals surface area contributed by atoms with Crippen LogP contribution in [0.2, 0.25) is 0 Å². The van der Waals surface area contributed by atoms with Crippen LogP contribution < -0.4 is 16.2 Å². The van der Waals surface area contributed by atoms with E-state index in [-0.39, 0.29) is 0 Å². The number of benzene rings is 2. The standard InChI is InChI=1S/C15H14N4O2/c1-20-13-5-3-2-4-12(13)14-18-15(21-19-14)9-6-10(16)8-11(17)7-9/h2-8H,16-17H2,1H3. The Kier molecular flexibility index (Phi) is 3.19. The van der Waals surface area contributed by atoms with Gasteiger partial charge in [0.15, 0.2) is 0 Å². The summed E-state index contributed by atoms with van der Waals surface area (Å²) in [4.78, 5) is 4.37. The molecule has 0 unspecified atom stereocenters. The first-order valence-electron chi connectivity index (χ1n) is 6.31. The minimum Gasteiger partial charge on any atom is -0.496 e. The second-order valence-electron chi connectivity index (χ2n) is 4.51. The molecule has 1 aromatic heterocycles. The second-order valence-corrected chi connectivity index (χ2v) is 4.51. The fourth-order valence-corrected chi connectivity index (χ4v) is 2.08. The van der Waals surface area contributed by atoms with Crippen LogP contribution >= 0.6 is 0 Å². The zero-order valence-electron chi connectivity index (χ0n) is 11.4. The molecule has 3 rings (SSSR count). The monoisotopic (exact) mass is 282 g/mol. The number of nitrogen functional groups attached to an aromatic ring is 2. The molecule has 0 saturated heterocycles. The maximum absolute atomic E-state index is 5.77. The molecular weight excluding hydrogens is 268 g/mol. The number of rotatable bonds is 3. The highest BCUT2D eigenvalue weighted by molar-refractivity contribution is 5.69. The number of ether oxygens (including phenoxy) is 1. The van der Waals surface area contributed by atoms with E-state index in [0.717, 1.165) is 5.56 Å². The summed E-state index contributed by atoms with van der Waals surface area (Å²) in [5, 5.41) is 3.98. The molecule has 0 aliphatic rings. The molecule has 6 heteroatoms. The molecule has 0 amide bonds. The number of para-hydroxylation sites is 1. The maximum atomic E-state index is 5.77. The minimum absolute atomic E-state index is 0.356. The van der Waals surface area contributed by atoms with Crippen LogP contribution in [0.25, 0.3) is 22.8 Å². The molecule has 1 heterocycles. The van der Waals surface area contributed by atoms with Crippen molar-refractivity contribution < 1.29 is 9.26 Å². The van der Waals surface area contributed by atoms with Crippen molar-refractivity contribution in [1.29, 1.82) is 0 Å². The van der Waals surface area contributed by atoms with E-state index in [2.05, 4.69) is 10.1 Å². The first-order valence-corrected chi connectivity index (χ1v) is 6.31. The van der Waals surface area contributed by atoms with Crippen molar-refractivity contribution in [3.8, 4) is 28.6 Å².